The molecule has 2 amide bonds. The van der Waals surface area contributed by atoms with E-state index in [9.17, 15) is 13.2 Å². The van der Waals surface area contributed by atoms with Crippen LogP contribution in [0.25, 0.3) is 0 Å². The van der Waals surface area contributed by atoms with Gasteiger partial charge in [-0.1, -0.05) is 13.8 Å². The van der Waals surface area contributed by atoms with Gasteiger partial charge >= 0.3 is 6.03 Å². The normalized spacial score (nSPS) is 18.1. The highest BCUT2D eigenvalue weighted by atomic mass is 32.2. The molecule has 0 spiro atoms. The first kappa shape index (κ1) is 17.7. The molecule has 0 radical (unpaired) electrons. The number of amides is 2. The lowest BCUT2D eigenvalue weighted by Gasteiger charge is -2.11. The Kier molecular flexibility index (Phi) is 6.01. The van der Waals surface area contributed by atoms with Gasteiger partial charge in [0, 0.05) is 18.8 Å². The van der Waals surface area contributed by atoms with Crippen molar-refractivity contribution in [1.29, 1.82) is 0 Å². The van der Waals surface area contributed by atoms with Gasteiger partial charge in [-0.25, -0.2) is 13.2 Å². The smallest absolute Gasteiger partial charge is 0.319 e. The number of anilines is 1. The molecular weight excluding hydrogens is 316 g/mol. The topological polar surface area (TPSA) is 84.5 Å². The third-order valence-electron chi connectivity index (χ3n) is 3.62. The number of hydrogen-bond donors (Lipinski definition) is 2. The minimum Gasteiger partial charge on any atom is -0.381 e. The van der Waals surface area contributed by atoms with Gasteiger partial charge in [-0.3, -0.25) is 0 Å². The first-order chi connectivity index (χ1) is 10.9. The molecule has 7 heteroatoms. The van der Waals surface area contributed by atoms with Crippen LogP contribution in [0.1, 0.15) is 20.3 Å². The SMILES string of the molecule is CC(C)CNC(=O)Nc1ccc(S(=O)(=O)C[C@@H]2CCOC2)cc1. The molecule has 1 atom stereocenters. The van der Waals surface area contributed by atoms with Crippen molar-refractivity contribution < 1.29 is 17.9 Å². The van der Waals surface area contributed by atoms with Gasteiger partial charge in [-0.05, 0) is 42.5 Å². The summed E-state index contributed by atoms with van der Waals surface area (Å²) >= 11 is 0. The quantitative estimate of drug-likeness (QED) is 0.832. The molecule has 1 aliphatic rings. The number of carbonyl (C=O) groups is 1. The van der Waals surface area contributed by atoms with Crippen molar-refractivity contribution in [2.24, 2.45) is 11.8 Å². The predicted molar refractivity (Wildman–Crippen MR) is 89.3 cm³/mol. The summed E-state index contributed by atoms with van der Waals surface area (Å²) in [4.78, 5) is 12.0. The van der Waals surface area contributed by atoms with E-state index in [0.717, 1.165) is 6.42 Å². The molecular formula is C16H24N2O4S. The minimum atomic E-state index is -3.32. The van der Waals surface area contributed by atoms with Crippen LogP contribution in [-0.4, -0.2) is 40.0 Å². The van der Waals surface area contributed by atoms with Crippen molar-refractivity contribution in [2.75, 3.05) is 30.8 Å². The van der Waals surface area contributed by atoms with E-state index in [1.54, 1.807) is 12.1 Å². The van der Waals surface area contributed by atoms with E-state index in [4.69, 9.17) is 4.74 Å². The van der Waals surface area contributed by atoms with Crippen molar-refractivity contribution >= 4 is 21.6 Å². The van der Waals surface area contributed by atoms with Crippen molar-refractivity contribution in [3.63, 3.8) is 0 Å². The van der Waals surface area contributed by atoms with Crippen LogP contribution < -0.4 is 10.6 Å². The molecule has 0 saturated carbocycles. The fourth-order valence-corrected chi connectivity index (χ4v) is 3.97. The predicted octanol–water partition coefficient (Wildman–Crippen LogP) is 2.27. The maximum Gasteiger partial charge on any atom is 0.319 e. The number of rotatable bonds is 6. The molecule has 2 N–H and O–H groups in total. The largest absolute Gasteiger partial charge is 0.381 e. The van der Waals surface area contributed by atoms with Crippen LogP contribution in [0.5, 0.6) is 0 Å². The second kappa shape index (κ2) is 7.79. The number of ether oxygens (including phenoxy) is 1. The molecule has 1 aromatic rings. The van der Waals surface area contributed by atoms with Crippen LogP contribution >= 0.6 is 0 Å². The highest BCUT2D eigenvalue weighted by Crippen LogP contribution is 2.21. The van der Waals surface area contributed by atoms with E-state index in [0.29, 0.717) is 31.4 Å². The molecule has 0 bridgehead atoms. The van der Waals surface area contributed by atoms with Crippen LogP contribution in [0.15, 0.2) is 29.2 Å². The molecule has 0 unspecified atom stereocenters. The monoisotopic (exact) mass is 340 g/mol. The molecule has 0 aliphatic carbocycles. The molecule has 1 saturated heterocycles. The first-order valence-electron chi connectivity index (χ1n) is 7.82. The molecule has 1 fully saturated rings. The molecule has 2 rings (SSSR count). The lowest BCUT2D eigenvalue weighted by Crippen LogP contribution is -2.31. The fraction of sp³-hybridized carbons (Fsp3) is 0.562. The summed E-state index contributed by atoms with van der Waals surface area (Å²) < 4.78 is 29.9. The average Bonchev–Trinajstić information content (AvgIpc) is 2.98. The zero-order chi connectivity index (χ0) is 16.9. The summed E-state index contributed by atoms with van der Waals surface area (Å²) in [5, 5.41) is 5.43. The molecule has 0 aromatic heterocycles. The van der Waals surface area contributed by atoms with E-state index >= 15 is 0 Å². The van der Waals surface area contributed by atoms with Gasteiger partial charge in [-0.2, -0.15) is 0 Å². The Morgan fingerprint density at radius 1 is 1.30 bits per heavy atom. The van der Waals surface area contributed by atoms with Crippen LogP contribution in [-0.2, 0) is 14.6 Å². The number of carbonyl (C=O) groups excluding carboxylic acids is 1. The number of urea groups is 1. The average molecular weight is 340 g/mol. The van der Waals surface area contributed by atoms with Gasteiger partial charge in [0.15, 0.2) is 9.84 Å². The number of sulfone groups is 1. The van der Waals surface area contributed by atoms with Gasteiger partial charge in [-0.15, -0.1) is 0 Å². The molecule has 23 heavy (non-hydrogen) atoms. The van der Waals surface area contributed by atoms with Gasteiger partial charge in [0.05, 0.1) is 17.3 Å². The minimum absolute atomic E-state index is 0.0691. The van der Waals surface area contributed by atoms with Gasteiger partial charge in [0.25, 0.3) is 0 Å². The molecule has 6 nitrogen and oxygen atoms in total. The molecule has 1 heterocycles. The summed E-state index contributed by atoms with van der Waals surface area (Å²) in [5.74, 6) is 0.543. The third-order valence-corrected chi connectivity index (χ3v) is 5.52. The molecule has 1 aliphatic heterocycles. The highest BCUT2D eigenvalue weighted by molar-refractivity contribution is 7.91. The molecule has 1 aromatic carbocycles. The lowest BCUT2D eigenvalue weighted by atomic mass is 10.2. The Morgan fingerprint density at radius 2 is 2.00 bits per heavy atom. The van der Waals surface area contributed by atoms with Crippen molar-refractivity contribution in [2.45, 2.75) is 25.2 Å². The number of benzene rings is 1. The summed E-state index contributed by atoms with van der Waals surface area (Å²) in [7, 11) is -3.32. The van der Waals surface area contributed by atoms with Gasteiger partial charge < -0.3 is 15.4 Å². The second-order valence-electron chi connectivity index (χ2n) is 6.26. The summed E-state index contributed by atoms with van der Waals surface area (Å²) in [6, 6.07) is 5.98. The van der Waals surface area contributed by atoms with Crippen molar-refractivity contribution in [3.8, 4) is 0 Å². The second-order valence-corrected chi connectivity index (χ2v) is 8.30. The Hall–Kier alpha value is -1.60. The van der Waals surface area contributed by atoms with Crippen molar-refractivity contribution in [3.05, 3.63) is 24.3 Å². The van der Waals surface area contributed by atoms with Gasteiger partial charge in [0.2, 0.25) is 0 Å². The van der Waals surface area contributed by atoms with E-state index < -0.39 is 9.84 Å². The van der Waals surface area contributed by atoms with E-state index in [1.807, 2.05) is 13.8 Å². The van der Waals surface area contributed by atoms with Crippen LogP contribution in [0.2, 0.25) is 0 Å². The third kappa shape index (κ3) is 5.51. The maximum atomic E-state index is 12.3. The standard InChI is InChI=1S/C16H24N2O4S/c1-12(2)9-17-16(19)18-14-3-5-15(6-4-14)23(20,21)11-13-7-8-22-10-13/h3-6,12-13H,7-11H2,1-2H3,(H2,17,18,19)/t13-/m1/s1. The van der Waals surface area contributed by atoms with Crippen LogP contribution in [0.4, 0.5) is 10.5 Å². The molecule has 128 valence electrons. The Bertz CT molecular complexity index is 620. The number of nitrogens with one attached hydrogen (secondary N) is 2. The zero-order valence-corrected chi connectivity index (χ0v) is 14.4. The Labute approximate surface area is 137 Å². The highest BCUT2D eigenvalue weighted by Gasteiger charge is 2.24. The zero-order valence-electron chi connectivity index (χ0n) is 13.5. The van der Waals surface area contributed by atoms with Crippen LogP contribution in [0, 0.1) is 11.8 Å². The fourth-order valence-electron chi connectivity index (χ4n) is 2.34. The van der Waals surface area contributed by atoms with Crippen LogP contribution in [0.3, 0.4) is 0 Å². The van der Waals surface area contributed by atoms with Gasteiger partial charge in [0.1, 0.15) is 0 Å². The lowest BCUT2D eigenvalue weighted by molar-refractivity contribution is 0.188. The van der Waals surface area contributed by atoms with Crippen molar-refractivity contribution in [1.82, 2.24) is 5.32 Å². The van der Waals surface area contributed by atoms with E-state index in [-0.39, 0.29) is 22.6 Å². The Morgan fingerprint density at radius 3 is 2.57 bits per heavy atom. The summed E-state index contributed by atoms with van der Waals surface area (Å²) in [5.41, 5.74) is 0.564. The Balaban J connectivity index is 1.94. The summed E-state index contributed by atoms with van der Waals surface area (Å²) in [6.45, 7) is 5.75. The summed E-state index contributed by atoms with van der Waals surface area (Å²) in [6.07, 6.45) is 0.787. The van der Waals surface area contributed by atoms with E-state index in [2.05, 4.69) is 10.6 Å². The number of hydrogen-bond acceptors (Lipinski definition) is 4. The van der Waals surface area contributed by atoms with E-state index in [1.165, 1.54) is 12.1 Å². The maximum absolute atomic E-state index is 12.3. The first-order valence-corrected chi connectivity index (χ1v) is 9.47.